The zero-order valence-corrected chi connectivity index (χ0v) is 23.3. The molecule has 1 heterocycles. The molecule has 10 nitrogen and oxygen atoms in total. The number of amides is 1. The number of likely N-dealkylation sites (tertiary alicyclic amines) is 1. The van der Waals surface area contributed by atoms with Crippen molar-refractivity contribution in [3.8, 4) is 0 Å². The maximum absolute atomic E-state index is 13.3. The van der Waals surface area contributed by atoms with E-state index in [9.17, 15) is 32.9 Å². The number of rotatable bonds is 10. The number of halogens is 3. The van der Waals surface area contributed by atoms with Crippen molar-refractivity contribution in [2.24, 2.45) is 0 Å². The largest absolute Gasteiger partial charge is 0.462 e. The summed E-state index contributed by atoms with van der Waals surface area (Å²) in [6.45, 7) is 3.27. The summed E-state index contributed by atoms with van der Waals surface area (Å²) in [6.07, 6.45) is -0.837. The summed E-state index contributed by atoms with van der Waals surface area (Å²) in [6, 6.07) is 10.2. The Morgan fingerprint density at radius 3 is 2.14 bits per heavy atom. The molecule has 0 unspecified atom stereocenters. The van der Waals surface area contributed by atoms with E-state index in [2.05, 4.69) is 10.6 Å². The van der Waals surface area contributed by atoms with E-state index in [1.807, 2.05) is 12.1 Å². The quantitative estimate of drug-likeness (QED) is 0.207. The standard InChI is InChI=1S/C29H35F3N4O6/c1-2-41-28(38)19-3-5-20(6-4-19)33-22-13-15-35(16-14-22)27(37)18-42-24-10-7-21(8-11-24)34-23-9-12-26(36(39)40)25(17-23)29(30,31)32/h3-6,9,12,17,21-22,24,33-34H,2,7-8,10-11,13-16,18H2,1H3. The maximum Gasteiger partial charge on any atom is 0.423 e. The molecule has 0 atom stereocenters. The van der Waals surface area contributed by atoms with Gasteiger partial charge in [-0.1, -0.05) is 0 Å². The minimum atomic E-state index is -4.83. The Morgan fingerprint density at radius 2 is 1.55 bits per heavy atom. The van der Waals surface area contributed by atoms with Crippen LogP contribution in [0.4, 0.5) is 30.2 Å². The fourth-order valence-corrected chi connectivity index (χ4v) is 5.33. The molecule has 13 heteroatoms. The zero-order chi connectivity index (χ0) is 30.3. The number of hydrogen-bond acceptors (Lipinski definition) is 8. The third kappa shape index (κ3) is 8.34. The number of nitro benzene ring substituents is 1. The summed E-state index contributed by atoms with van der Waals surface area (Å²) in [7, 11) is 0. The molecule has 4 rings (SSSR count). The monoisotopic (exact) mass is 592 g/mol. The highest BCUT2D eigenvalue weighted by Crippen LogP contribution is 2.38. The van der Waals surface area contributed by atoms with Crippen LogP contribution in [0.2, 0.25) is 0 Å². The van der Waals surface area contributed by atoms with E-state index in [-0.39, 0.29) is 42.4 Å². The first-order chi connectivity index (χ1) is 20.0. The average molecular weight is 593 g/mol. The average Bonchev–Trinajstić information content (AvgIpc) is 2.97. The van der Waals surface area contributed by atoms with Gasteiger partial charge in [0.1, 0.15) is 12.2 Å². The van der Waals surface area contributed by atoms with E-state index < -0.39 is 22.4 Å². The number of nitro groups is 1. The molecule has 228 valence electrons. The number of esters is 1. The van der Waals surface area contributed by atoms with E-state index in [0.29, 0.717) is 50.9 Å². The lowest BCUT2D eigenvalue weighted by atomic mass is 9.92. The molecular formula is C29H35F3N4O6. The lowest BCUT2D eigenvalue weighted by Crippen LogP contribution is -2.44. The van der Waals surface area contributed by atoms with E-state index in [4.69, 9.17) is 9.47 Å². The van der Waals surface area contributed by atoms with E-state index in [1.54, 1.807) is 24.0 Å². The lowest BCUT2D eigenvalue weighted by Gasteiger charge is -2.34. The molecule has 2 aromatic rings. The molecule has 42 heavy (non-hydrogen) atoms. The van der Waals surface area contributed by atoms with Crippen LogP contribution in [0.5, 0.6) is 0 Å². The smallest absolute Gasteiger partial charge is 0.423 e. The predicted molar refractivity (Wildman–Crippen MR) is 149 cm³/mol. The molecule has 2 fully saturated rings. The second kappa shape index (κ2) is 13.9. The van der Waals surface area contributed by atoms with Gasteiger partial charge in [-0.15, -0.1) is 0 Å². The number of benzene rings is 2. The Morgan fingerprint density at radius 1 is 0.952 bits per heavy atom. The maximum atomic E-state index is 13.3. The van der Waals surface area contributed by atoms with E-state index >= 15 is 0 Å². The number of carbonyl (C=O) groups is 2. The first kappa shape index (κ1) is 31.1. The van der Waals surface area contributed by atoms with Gasteiger partial charge in [-0.25, -0.2) is 4.79 Å². The van der Waals surface area contributed by atoms with Gasteiger partial charge in [0.2, 0.25) is 5.91 Å². The number of nitrogens with zero attached hydrogens (tertiary/aromatic N) is 2. The first-order valence-electron chi connectivity index (χ1n) is 14.1. The van der Waals surface area contributed by atoms with Crippen molar-refractivity contribution in [3.05, 3.63) is 63.7 Å². The third-order valence-corrected chi connectivity index (χ3v) is 7.60. The van der Waals surface area contributed by atoms with Gasteiger partial charge in [-0.3, -0.25) is 14.9 Å². The minimum Gasteiger partial charge on any atom is -0.462 e. The van der Waals surface area contributed by atoms with Crippen LogP contribution in [0.3, 0.4) is 0 Å². The molecule has 1 saturated carbocycles. The molecule has 1 amide bonds. The Balaban J connectivity index is 1.16. The van der Waals surface area contributed by atoms with Gasteiger partial charge < -0.3 is 25.0 Å². The third-order valence-electron chi connectivity index (χ3n) is 7.60. The molecule has 1 aliphatic heterocycles. The highest BCUT2D eigenvalue weighted by molar-refractivity contribution is 5.89. The van der Waals surface area contributed by atoms with Gasteiger partial charge in [-0.05, 0) is 81.8 Å². The van der Waals surface area contributed by atoms with E-state index in [0.717, 1.165) is 30.7 Å². The Bertz CT molecular complexity index is 1240. The number of anilines is 2. The van der Waals surface area contributed by atoms with E-state index in [1.165, 1.54) is 6.07 Å². The van der Waals surface area contributed by atoms with Crippen LogP contribution in [0.25, 0.3) is 0 Å². The van der Waals surface area contributed by atoms with Gasteiger partial charge in [0.25, 0.3) is 5.69 Å². The first-order valence-corrected chi connectivity index (χ1v) is 14.1. The molecule has 0 radical (unpaired) electrons. The molecule has 2 aromatic carbocycles. The molecule has 1 saturated heterocycles. The number of alkyl halides is 3. The highest BCUT2D eigenvalue weighted by atomic mass is 19.4. The van der Waals surface area contributed by atoms with Crippen LogP contribution in [0.1, 0.15) is 61.4 Å². The van der Waals surface area contributed by atoms with Gasteiger partial charge in [0, 0.05) is 42.6 Å². The molecule has 2 N–H and O–H groups in total. The number of ether oxygens (including phenoxy) is 2. The van der Waals surface area contributed by atoms with Crippen LogP contribution in [-0.2, 0) is 20.4 Å². The summed E-state index contributed by atoms with van der Waals surface area (Å²) in [5, 5.41) is 17.5. The number of nitrogens with one attached hydrogen (secondary N) is 2. The Labute approximate surface area is 241 Å². The van der Waals surface area contributed by atoms with Crippen molar-refractivity contribution in [1.82, 2.24) is 4.90 Å². The van der Waals surface area contributed by atoms with Crippen LogP contribution < -0.4 is 10.6 Å². The van der Waals surface area contributed by atoms with Gasteiger partial charge >= 0.3 is 12.1 Å². The van der Waals surface area contributed by atoms with Crippen molar-refractivity contribution in [3.63, 3.8) is 0 Å². The highest BCUT2D eigenvalue weighted by Gasteiger charge is 2.38. The van der Waals surface area contributed by atoms with Crippen LogP contribution >= 0.6 is 0 Å². The summed E-state index contributed by atoms with van der Waals surface area (Å²) in [4.78, 5) is 36.3. The summed E-state index contributed by atoms with van der Waals surface area (Å²) >= 11 is 0. The number of piperidine rings is 1. The normalized spacial score (nSPS) is 19.7. The molecule has 0 aromatic heterocycles. The number of carbonyl (C=O) groups excluding carboxylic acids is 2. The van der Waals surface area contributed by atoms with Gasteiger partial charge in [0.05, 0.1) is 23.2 Å². The van der Waals surface area contributed by atoms with Crippen molar-refractivity contribution in [2.75, 3.05) is 36.9 Å². The topological polar surface area (TPSA) is 123 Å². The molecular weight excluding hydrogens is 557 g/mol. The van der Waals surface area contributed by atoms with Crippen molar-refractivity contribution >= 4 is 28.9 Å². The SMILES string of the molecule is CCOC(=O)c1ccc(NC2CCN(C(=O)COC3CCC(Nc4ccc([N+](=O)[O-])c(C(F)(F)F)c4)CC3)CC2)cc1. The zero-order valence-electron chi connectivity index (χ0n) is 23.3. The van der Waals surface area contributed by atoms with Crippen LogP contribution in [-0.4, -0.2) is 66.2 Å². The second-order valence-electron chi connectivity index (χ2n) is 10.5. The summed E-state index contributed by atoms with van der Waals surface area (Å²) in [5.41, 5.74) is -0.679. The van der Waals surface area contributed by atoms with Crippen molar-refractivity contribution < 1.29 is 37.2 Å². The van der Waals surface area contributed by atoms with Gasteiger partial charge in [-0.2, -0.15) is 13.2 Å². The fraction of sp³-hybridized carbons (Fsp3) is 0.517. The van der Waals surface area contributed by atoms with Gasteiger partial charge in [0.15, 0.2) is 0 Å². The van der Waals surface area contributed by atoms with Crippen LogP contribution in [0.15, 0.2) is 42.5 Å². The van der Waals surface area contributed by atoms with Crippen molar-refractivity contribution in [2.45, 2.75) is 69.8 Å². The Hall–Kier alpha value is -3.87. The molecule has 0 spiro atoms. The minimum absolute atomic E-state index is 0.0204. The predicted octanol–water partition coefficient (Wildman–Crippen LogP) is 5.63. The molecule has 1 aliphatic carbocycles. The van der Waals surface area contributed by atoms with Crippen LogP contribution in [0, 0.1) is 10.1 Å². The Kier molecular flexibility index (Phi) is 10.3. The second-order valence-corrected chi connectivity index (χ2v) is 10.5. The summed E-state index contributed by atoms with van der Waals surface area (Å²) in [5.74, 6) is -0.425. The lowest BCUT2D eigenvalue weighted by molar-refractivity contribution is -0.388. The van der Waals surface area contributed by atoms with Crippen molar-refractivity contribution in [1.29, 1.82) is 0 Å². The fourth-order valence-electron chi connectivity index (χ4n) is 5.33. The molecule has 2 aliphatic rings. The summed E-state index contributed by atoms with van der Waals surface area (Å²) < 4.78 is 50.7. The molecule has 0 bridgehead atoms. The number of hydrogen-bond donors (Lipinski definition) is 2.